The third-order valence-electron chi connectivity index (χ3n) is 9.00. The van der Waals surface area contributed by atoms with E-state index >= 15 is 0 Å². The van der Waals surface area contributed by atoms with Gasteiger partial charge >= 0.3 is 11.9 Å². The molecule has 2 aliphatic carbocycles. The topological polar surface area (TPSA) is 113 Å². The van der Waals surface area contributed by atoms with Crippen LogP contribution in [0.3, 0.4) is 0 Å². The second-order valence-electron chi connectivity index (χ2n) is 12.2. The van der Waals surface area contributed by atoms with Crippen LogP contribution in [0.15, 0.2) is 35.9 Å². The van der Waals surface area contributed by atoms with Crippen LogP contribution in [0.1, 0.15) is 106 Å². The summed E-state index contributed by atoms with van der Waals surface area (Å²) in [5.74, 6) is -1.41. The maximum atomic E-state index is 12.8. The lowest BCUT2D eigenvalue weighted by molar-refractivity contribution is -0.129. The van der Waals surface area contributed by atoms with E-state index in [0.29, 0.717) is 0 Å². The molecule has 1 saturated carbocycles. The van der Waals surface area contributed by atoms with E-state index in [1.54, 1.807) is 0 Å². The van der Waals surface area contributed by atoms with Crippen molar-refractivity contribution in [3.05, 3.63) is 58.2 Å². The smallest absolute Gasteiger partial charge is 0.338 e. The fourth-order valence-corrected chi connectivity index (χ4v) is 6.49. The predicted octanol–water partition coefficient (Wildman–Crippen LogP) is 6.88. The van der Waals surface area contributed by atoms with Crippen LogP contribution in [0.2, 0.25) is 0 Å². The average Bonchev–Trinajstić information content (AvgIpc) is 2.86. The third kappa shape index (κ3) is 5.23. The first-order chi connectivity index (χ1) is 18.3. The molecule has 1 fully saturated rings. The second-order valence-corrected chi connectivity index (χ2v) is 12.2. The number of benzene rings is 2. The summed E-state index contributed by atoms with van der Waals surface area (Å²) in [6.07, 6.45) is 5.67. The van der Waals surface area contributed by atoms with Crippen LogP contribution < -0.4 is 4.74 Å². The molecule has 0 heterocycles. The minimum atomic E-state index is -0.564. The van der Waals surface area contributed by atoms with E-state index in [9.17, 15) is 24.9 Å². The summed E-state index contributed by atoms with van der Waals surface area (Å²) in [6.45, 7) is 12.2. The number of ether oxygens (including phenoxy) is 2. The Kier molecular flexibility index (Phi) is 7.75. The third-order valence-corrected chi connectivity index (χ3v) is 9.00. The number of fused-ring (bicyclic) bond motifs is 3. The van der Waals surface area contributed by atoms with Crippen LogP contribution >= 0.6 is 0 Å². The summed E-state index contributed by atoms with van der Waals surface area (Å²) < 4.78 is 11.5. The fourth-order valence-electron chi connectivity index (χ4n) is 6.49. The van der Waals surface area contributed by atoms with Crippen LogP contribution in [0.5, 0.6) is 23.0 Å². The molecule has 2 aromatic carbocycles. The number of aryl methyl sites for hydroxylation is 1. The lowest BCUT2D eigenvalue weighted by Crippen LogP contribution is -2.50. The van der Waals surface area contributed by atoms with Gasteiger partial charge in [0.2, 0.25) is 0 Å². The molecule has 2 aliphatic rings. The number of phenolic OH excluding ortho intramolecular Hbond substituents is 3. The minimum Gasteiger partial charge on any atom is -0.504 e. The van der Waals surface area contributed by atoms with Crippen LogP contribution in [-0.2, 0) is 16.0 Å². The highest BCUT2D eigenvalue weighted by molar-refractivity contribution is 5.90. The van der Waals surface area contributed by atoms with Crippen molar-refractivity contribution in [2.24, 2.45) is 10.8 Å². The van der Waals surface area contributed by atoms with Gasteiger partial charge in [0.25, 0.3) is 0 Å². The molecule has 0 bridgehead atoms. The molecule has 4 rings (SSSR count). The first-order valence-electron chi connectivity index (χ1n) is 13.7. The molecule has 0 amide bonds. The molecule has 7 nitrogen and oxygen atoms in total. The maximum Gasteiger partial charge on any atom is 0.338 e. The van der Waals surface area contributed by atoms with Crippen molar-refractivity contribution in [3.8, 4) is 23.0 Å². The Bertz CT molecular complexity index is 1320. The van der Waals surface area contributed by atoms with Crippen LogP contribution in [0, 0.1) is 10.8 Å². The summed E-state index contributed by atoms with van der Waals surface area (Å²) >= 11 is 0. The summed E-state index contributed by atoms with van der Waals surface area (Å²) in [5, 5.41) is 31.0. The van der Waals surface area contributed by atoms with Gasteiger partial charge in [-0.15, -0.1) is 0 Å². The molecular formula is C32H40O7. The molecule has 2 aromatic rings. The number of hydrogen-bond donors (Lipinski definition) is 3. The molecule has 7 heteroatoms. The largest absolute Gasteiger partial charge is 0.504 e. The lowest BCUT2D eigenvalue weighted by atomic mass is 9.48. The quantitative estimate of drug-likeness (QED) is 0.160. The van der Waals surface area contributed by atoms with Crippen molar-refractivity contribution in [2.75, 3.05) is 6.61 Å². The summed E-state index contributed by atoms with van der Waals surface area (Å²) in [5.41, 5.74) is 3.07. The van der Waals surface area contributed by atoms with Gasteiger partial charge in [-0.05, 0) is 80.5 Å². The van der Waals surface area contributed by atoms with Gasteiger partial charge in [0.05, 0.1) is 12.2 Å². The van der Waals surface area contributed by atoms with E-state index in [2.05, 4.69) is 19.9 Å². The van der Waals surface area contributed by atoms with Crippen molar-refractivity contribution in [1.82, 2.24) is 0 Å². The Morgan fingerprint density at radius 2 is 1.79 bits per heavy atom. The number of aromatic hydroxyl groups is 3. The zero-order chi connectivity index (χ0) is 28.7. The highest BCUT2D eigenvalue weighted by Gasteiger charge is 2.55. The molecule has 210 valence electrons. The average molecular weight is 537 g/mol. The standard InChI is InChI=1S/C32H40O7/c1-18(2)14-26(35)39-29-22(19(3)4)15-20-11-13-32(6)23(27(20)28(29)36)8-7-12-31(32,5)17-38-30(37)21-9-10-24(33)25(34)16-21/h9-10,14-16,19,23,33-34,36H,7-8,11-13,17H2,1-6H3. The van der Waals surface area contributed by atoms with Gasteiger partial charge in [0, 0.05) is 22.6 Å². The van der Waals surface area contributed by atoms with Gasteiger partial charge < -0.3 is 24.8 Å². The van der Waals surface area contributed by atoms with Crippen molar-refractivity contribution in [2.45, 2.75) is 85.5 Å². The normalized spacial score (nSPS) is 23.9. The molecule has 0 aromatic heterocycles. The molecule has 3 atom stereocenters. The van der Waals surface area contributed by atoms with Crippen molar-refractivity contribution in [3.63, 3.8) is 0 Å². The van der Waals surface area contributed by atoms with Gasteiger partial charge in [-0.2, -0.15) is 0 Å². The molecule has 39 heavy (non-hydrogen) atoms. The number of carbonyl (C=O) groups excluding carboxylic acids is 2. The number of esters is 2. The Morgan fingerprint density at radius 3 is 2.44 bits per heavy atom. The number of allylic oxidation sites excluding steroid dienone is 1. The number of phenols is 3. The van der Waals surface area contributed by atoms with Gasteiger partial charge in [-0.1, -0.05) is 45.8 Å². The first kappa shape index (κ1) is 28.5. The van der Waals surface area contributed by atoms with Gasteiger partial charge in [0.15, 0.2) is 23.0 Å². The molecule has 0 aliphatic heterocycles. The second kappa shape index (κ2) is 10.6. The molecule has 0 saturated heterocycles. The number of rotatable bonds is 6. The Labute approximate surface area is 230 Å². The number of hydrogen-bond acceptors (Lipinski definition) is 7. The zero-order valence-electron chi connectivity index (χ0n) is 23.8. The minimum absolute atomic E-state index is 0.00136. The van der Waals surface area contributed by atoms with Crippen molar-refractivity contribution < 1.29 is 34.4 Å². The predicted molar refractivity (Wildman–Crippen MR) is 148 cm³/mol. The zero-order valence-corrected chi connectivity index (χ0v) is 23.8. The van der Waals surface area contributed by atoms with E-state index < -0.39 is 11.9 Å². The summed E-state index contributed by atoms with van der Waals surface area (Å²) in [6, 6.07) is 5.97. The van der Waals surface area contributed by atoms with Gasteiger partial charge in [-0.3, -0.25) is 0 Å². The van der Waals surface area contributed by atoms with E-state index in [4.69, 9.17) is 9.47 Å². The summed E-state index contributed by atoms with van der Waals surface area (Å²) in [4.78, 5) is 25.4. The first-order valence-corrected chi connectivity index (χ1v) is 13.7. The molecular weight excluding hydrogens is 496 g/mol. The summed E-state index contributed by atoms with van der Waals surface area (Å²) in [7, 11) is 0. The van der Waals surface area contributed by atoms with E-state index in [1.165, 1.54) is 24.3 Å². The highest BCUT2D eigenvalue weighted by atomic mass is 16.5. The number of carbonyl (C=O) groups is 2. The van der Waals surface area contributed by atoms with Gasteiger partial charge in [0.1, 0.15) is 0 Å². The van der Waals surface area contributed by atoms with E-state index in [1.807, 2.05) is 27.7 Å². The van der Waals surface area contributed by atoms with E-state index in [0.717, 1.165) is 54.4 Å². The Morgan fingerprint density at radius 1 is 1.08 bits per heavy atom. The Hall–Kier alpha value is -3.48. The SMILES string of the molecule is CC(C)=CC(=O)Oc1c(C(C)C)cc2c(c1O)C1CCCC(C)(COC(=O)c3ccc(O)c(O)c3)C1(C)CC2. The van der Waals surface area contributed by atoms with Crippen LogP contribution in [-0.4, -0.2) is 33.9 Å². The molecule has 0 spiro atoms. The van der Waals surface area contributed by atoms with Crippen LogP contribution in [0.25, 0.3) is 0 Å². The van der Waals surface area contributed by atoms with Crippen molar-refractivity contribution >= 4 is 11.9 Å². The molecule has 3 unspecified atom stereocenters. The lowest BCUT2D eigenvalue weighted by Gasteiger charge is -2.57. The van der Waals surface area contributed by atoms with Gasteiger partial charge in [-0.25, -0.2) is 9.59 Å². The van der Waals surface area contributed by atoms with Crippen molar-refractivity contribution in [1.29, 1.82) is 0 Å². The monoisotopic (exact) mass is 536 g/mol. The van der Waals surface area contributed by atoms with Crippen LogP contribution in [0.4, 0.5) is 0 Å². The fraction of sp³-hybridized carbons (Fsp3) is 0.500. The van der Waals surface area contributed by atoms with E-state index in [-0.39, 0.29) is 57.8 Å². The molecule has 0 radical (unpaired) electrons. The Balaban J connectivity index is 1.68. The highest BCUT2D eigenvalue weighted by Crippen LogP contribution is 2.64. The maximum absolute atomic E-state index is 12.8. The molecule has 3 N–H and O–H groups in total.